The van der Waals surface area contributed by atoms with Crippen molar-refractivity contribution in [2.75, 3.05) is 112 Å². The van der Waals surface area contributed by atoms with Gasteiger partial charge >= 0.3 is 12.0 Å². The third kappa shape index (κ3) is 24.4. The maximum Gasteiger partial charge on any atom is 0.323 e. The van der Waals surface area contributed by atoms with E-state index in [0.29, 0.717) is 101 Å². The van der Waals surface area contributed by atoms with Crippen molar-refractivity contribution in [3.63, 3.8) is 0 Å². The minimum Gasteiger partial charge on any atom is -0.480 e. The monoisotopic (exact) mass is 975 g/mol. The number of aliphatic imine (C=N–C) groups is 1. The van der Waals surface area contributed by atoms with Crippen LogP contribution < -0.4 is 22.5 Å². The Bertz CT molecular complexity index is 2020. The van der Waals surface area contributed by atoms with Gasteiger partial charge in [-0.3, -0.25) is 19.3 Å². The van der Waals surface area contributed by atoms with Crippen LogP contribution in [0.1, 0.15) is 69.5 Å². The highest BCUT2D eigenvalue weighted by Crippen LogP contribution is 2.17. The molecule has 0 radical (unpaired) electrons. The number of aryl methyl sites for hydroxylation is 1. The number of carbonyl (C=O) groups excluding carboxylic acids is 3. The maximum atomic E-state index is 14.4. The van der Waals surface area contributed by atoms with Gasteiger partial charge in [0, 0.05) is 88.8 Å². The number of carbonyl (C=O) groups is 4. The lowest BCUT2D eigenvalue weighted by molar-refractivity contribution is -0.137. The van der Waals surface area contributed by atoms with Crippen LogP contribution in [0.25, 0.3) is 11.3 Å². The number of rotatable bonds is 33. The Morgan fingerprint density at radius 3 is 1.89 bits per heavy atom. The highest BCUT2D eigenvalue weighted by atomic mass is 16.5. The Morgan fingerprint density at radius 1 is 0.700 bits per heavy atom. The first-order valence-electron chi connectivity index (χ1n) is 24.1. The molecule has 0 saturated carbocycles. The van der Waals surface area contributed by atoms with Crippen LogP contribution in [0.15, 0.2) is 69.9 Å². The van der Waals surface area contributed by atoms with Gasteiger partial charge in [0.25, 0.3) is 0 Å². The maximum absolute atomic E-state index is 14.4. The number of amides is 4. The first-order chi connectivity index (χ1) is 33.9. The van der Waals surface area contributed by atoms with Gasteiger partial charge in [0.2, 0.25) is 11.8 Å². The van der Waals surface area contributed by atoms with Gasteiger partial charge in [-0.1, -0.05) is 68.8 Å². The number of benzene rings is 2. The quantitative estimate of drug-likeness (QED) is 0.0254. The molecule has 8 N–H and O–H groups in total. The van der Waals surface area contributed by atoms with Crippen molar-refractivity contribution >= 4 is 42.1 Å². The highest BCUT2D eigenvalue weighted by Gasteiger charge is 2.25. The van der Waals surface area contributed by atoms with Gasteiger partial charge in [-0.05, 0) is 58.0 Å². The Balaban J connectivity index is 0.00000829. The third-order valence-corrected chi connectivity index (χ3v) is 10.4. The number of aromatic nitrogens is 3. The van der Waals surface area contributed by atoms with Gasteiger partial charge in [-0.25, -0.2) is 14.8 Å². The summed E-state index contributed by atoms with van der Waals surface area (Å²) in [6, 6.07) is 14.1. The summed E-state index contributed by atoms with van der Waals surface area (Å²) < 4.78 is 11.3. The van der Waals surface area contributed by atoms with E-state index in [4.69, 9.17) is 26.7 Å². The van der Waals surface area contributed by atoms with Crippen LogP contribution in [0.4, 0.5) is 4.79 Å². The average Bonchev–Trinajstić information content (AvgIpc) is 3.35. The molecule has 3 rings (SSSR count). The predicted octanol–water partition coefficient (Wildman–Crippen LogP) is 2.64. The number of unbranched alkanes of at least 4 members (excludes halogenated alkanes) is 2. The second kappa shape index (κ2) is 35.9. The zero-order valence-electron chi connectivity index (χ0n) is 42.1. The van der Waals surface area contributed by atoms with Gasteiger partial charge in [-0.2, -0.15) is 5.10 Å². The number of aliphatic carboxylic acids is 1. The van der Waals surface area contributed by atoms with Crippen LogP contribution in [0.2, 0.25) is 0 Å². The average molecular weight is 975 g/mol. The van der Waals surface area contributed by atoms with Crippen LogP contribution >= 0.6 is 0 Å². The van der Waals surface area contributed by atoms with Crippen molar-refractivity contribution in [3.8, 4) is 11.3 Å². The molecule has 1 heterocycles. The molecule has 0 unspecified atom stereocenters. The van der Waals surface area contributed by atoms with Gasteiger partial charge in [-0.15, -0.1) is 15.3 Å². The molecule has 21 nitrogen and oxygen atoms in total. The summed E-state index contributed by atoms with van der Waals surface area (Å²) >= 11 is 0. The zero-order valence-corrected chi connectivity index (χ0v) is 42.1. The Labute approximate surface area is 414 Å². The number of nitrogens with two attached hydrogens (primary N) is 3. The number of urea groups is 1. The number of carboxylic acid groups (broad SMARTS) is 1. The van der Waals surface area contributed by atoms with Gasteiger partial charge in [0.05, 0.1) is 45.5 Å². The van der Waals surface area contributed by atoms with Crippen molar-refractivity contribution in [1.29, 1.82) is 0 Å². The topological polar surface area (TPSA) is 286 Å². The van der Waals surface area contributed by atoms with Crippen molar-refractivity contribution in [1.82, 2.24) is 40.1 Å². The van der Waals surface area contributed by atoms with Crippen molar-refractivity contribution < 1.29 is 33.8 Å². The molecule has 0 atom stereocenters. The fourth-order valence-corrected chi connectivity index (χ4v) is 6.71. The molecular formula is C49H78N14O7. The molecule has 0 fully saturated rings. The second-order valence-electron chi connectivity index (χ2n) is 16.1. The molecule has 70 heavy (non-hydrogen) atoms. The fourth-order valence-electron chi connectivity index (χ4n) is 6.71. The molecule has 0 spiro atoms. The molecule has 0 bridgehead atoms. The first kappa shape index (κ1) is 60.0. The third-order valence-electron chi connectivity index (χ3n) is 10.4. The zero-order chi connectivity index (χ0) is 51.5. The minimum atomic E-state index is -1.14. The lowest BCUT2D eigenvalue weighted by atomic mass is 10.1. The summed E-state index contributed by atoms with van der Waals surface area (Å²) in [4.78, 5) is 68.7. The van der Waals surface area contributed by atoms with Crippen LogP contribution in [-0.2, 0) is 36.7 Å². The van der Waals surface area contributed by atoms with Crippen molar-refractivity contribution in [3.05, 3.63) is 77.2 Å². The van der Waals surface area contributed by atoms with Crippen LogP contribution in [0, 0.1) is 6.92 Å². The number of amidine groups is 1. The minimum absolute atomic E-state index is 0.0152. The van der Waals surface area contributed by atoms with Crippen LogP contribution in [0.3, 0.4) is 0 Å². The SMILES string of the molecule is C=N/C(=N\N=C(C)C)c1ccc(CC(=O)N(CCNC(=O)Cc2ccc(-c3cnc(C)nn3)cc2)CCN(CCN(CCOCCN)CCOCCN)C(=O)N(CCCCCN)CC(=O)O)cc1.CC. The number of carboxylic acids is 1. The van der Waals surface area contributed by atoms with E-state index in [1.807, 2.05) is 52.0 Å². The Kier molecular flexibility index (Phi) is 30.8. The van der Waals surface area contributed by atoms with E-state index in [0.717, 1.165) is 29.7 Å². The number of ether oxygens (including phenoxy) is 2. The summed E-state index contributed by atoms with van der Waals surface area (Å²) in [6.07, 6.45) is 3.80. The van der Waals surface area contributed by atoms with E-state index in [2.05, 4.69) is 47.3 Å². The molecule has 3 aromatic rings. The summed E-state index contributed by atoms with van der Waals surface area (Å²) in [7, 11) is 0. The van der Waals surface area contributed by atoms with E-state index < -0.39 is 18.5 Å². The molecule has 0 aliphatic rings. The first-order valence-corrected chi connectivity index (χ1v) is 24.1. The number of hydrogen-bond acceptors (Lipinski definition) is 15. The fraction of sp³-hybridized carbons (Fsp3) is 0.551. The Hall–Kier alpha value is -6.10. The largest absolute Gasteiger partial charge is 0.480 e. The summed E-state index contributed by atoms with van der Waals surface area (Å²) in [6.45, 7) is 17.7. The second-order valence-corrected chi connectivity index (χ2v) is 16.1. The van der Waals surface area contributed by atoms with E-state index in [-0.39, 0.29) is 63.9 Å². The van der Waals surface area contributed by atoms with E-state index in [1.165, 1.54) is 4.90 Å². The molecule has 0 aliphatic carbocycles. The Morgan fingerprint density at radius 2 is 1.31 bits per heavy atom. The van der Waals surface area contributed by atoms with E-state index >= 15 is 0 Å². The number of hydrogen-bond donors (Lipinski definition) is 5. The molecule has 1 aromatic heterocycles. The summed E-state index contributed by atoms with van der Waals surface area (Å²) in [5.41, 5.74) is 21.3. The smallest absolute Gasteiger partial charge is 0.323 e. The van der Waals surface area contributed by atoms with E-state index in [1.54, 1.807) is 47.2 Å². The molecule has 21 heteroatoms. The standard InChI is InChI=1S/C47H72N14O7.C2H6/c1-36(2)54-57-46(51-4)41-14-10-39(11-15-41)33-44(63)59(21-19-52-43(62)32-38-8-12-40(13-9-38)42-34-53-37(3)55-56-42)24-25-60(47(66)61(35-45(64)65)20-7-5-6-16-48)23-22-58(26-30-67-28-17-49)27-31-68-29-18-50;1-2/h8-15,34H,4-7,16-33,35,48-50H2,1-3H3,(H,52,62)(H,64,65);1-2H3/b57-46-;. The number of nitrogens with zero attached hydrogens (tertiary/aromatic N) is 10. The molecule has 2 aromatic carbocycles. The van der Waals surface area contributed by atoms with Gasteiger partial charge in [0.1, 0.15) is 18.1 Å². The lowest BCUT2D eigenvalue weighted by Gasteiger charge is -2.34. The summed E-state index contributed by atoms with van der Waals surface area (Å²) in [5, 5.41) is 29.3. The van der Waals surface area contributed by atoms with Crippen LogP contribution in [-0.4, -0.2) is 193 Å². The lowest BCUT2D eigenvalue weighted by Crippen LogP contribution is -2.51. The predicted molar refractivity (Wildman–Crippen MR) is 275 cm³/mol. The summed E-state index contributed by atoms with van der Waals surface area (Å²) in [5.74, 6) is -0.727. The molecule has 0 aliphatic heterocycles. The van der Waals surface area contributed by atoms with Gasteiger partial charge in [0.15, 0.2) is 5.84 Å². The molecule has 0 saturated heterocycles. The molecule has 4 amide bonds. The van der Waals surface area contributed by atoms with Gasteiger partial charge < -0.3 is 51.8 Å². The van der Waals surface area contributed by atoms with Crippen molar-refractivity contribution in [2.24, 2.45) is 32.4 Å². The van der Waals surface area contributed by atoms with E-state index in [9.17, 15) is 24.3 Å². The molecule has 386 valence electrons. The number of nitrogens with one attached hydrogen (secondary N) is 1. The highest BCUT2D eigenvalue weighted by molar-refractivity contribution is 6.01. The molecular weight excluding hydrogens is 897 g/mol. The van der Waals surface area contributed by atoms with Crippen LogP contribution in [0.5, 0.6) is 0 Å². The van der Waals surface area contributed by atoms with Crippen molar-refractivity contribution in [2.45, 2.75) is 66.7 Å². The normalized spacial score (nSPS) is 11.1.